The van der Waals surface area contributed by atoms with Gasteiger partial charge in [-0.1, -0.05) is 0 Å². The maximum atomic E-state index is 13.6. The van der Waals surface area contributed by atoms with Gasteiger partial charge in [0.1, 0.15) is 12.3 Å². The van der Waals surface area contributed by atoms with Gasteiger partial charge < -0.3 is 14.9 Å². The summed E-state index contributed by atoms with van der Waals surface area (Å²) in [5.41, 5.74) is 0. The summed E-state index contributed by atoms with van der Waals surface area (Å²) in [4.78, 5) is 22.8. The molecule has 3 N–H and O–H groups in total. The summed E-state index contributed by atoms with van der Waals surface area (Å²) in [6.45, 7) is -0.598. The van der Waals surface area contributed by atoms with Crippen LogP contribution in [-0.4, -0.2) is 64.9 Å². The second-order valence-corrected chi connectivity index (χ2v) is 4.44. The number of hydrogen-bond donors (Lipinski definition) is 3. The van der Waals surface area contributed by atoms with Crippen molar-refractivity contribution in [3.8, 4) is 0 Å². The molecule has 1 fully saturated rings. The van der Waals surface area contributed by atoms with Crippen molar-refractivity contribution in [1.29, 1.82) is 0 Å². The number of alkyl halides is 1. The number of likely N-dealkylation sites (N-methyl/N-ethyl adjacent to an activating group) is 1. The molecule has 7 nitrogen and oxygen atoms in total. The molecule has 0 spiro atoms. The Hall–Kier alpha value is -1.35. The van der Waals surface area contributed by atoms with Crippen LogP contribution in [0.2, 0.25) is 0 Å². The summed E-state index contributed by atoms with van der Waals surface area (Å²) in [7, 11) is 1.37. The lowest BCUT2D eigenvalue weighted by Crippen LogP contribution is -2.63. The van der Waals surface area contributed by atoms with Crippen LogP contribution in [0.25, 0.3) is 0 Å². The molecule has 0 bridgehead atoms. The highest BCUT2D eigenvalue weighted by Crippen LogP contribution is 2.31. The third kappa shape index (κ3) is 1.83. The number of nitrogens with one attached hydrogen (secondary N) is 1. The molecular weight excluding hydrogens is 247 g/mol. The van der Waals surface area contributed by atoms with Gasteiger partial charge in [-0.25, -0.2) is 14.5 Å². The topological polar surface area (TPSA) is 95.9 Å². The number of imide groups is 1. The zero-order valence-electron chi connectivity index (χ0n) is 9.62. The van der Waals surface area contributed by atoms with Gasteiger partial charge in [0.05, 0.1) is 19.7 Å². The van der Waals surface area contributed by atoms with E-state index in [1.165, 1.54) is 13.2 Å². The number of amides is 3. The van der Waals surface area contributed by atoms with Gasteiger partial charge in [-0.2, -0.15) is 4.48 Å². The Kier molecular flexibility index (Phi) is 3.20. The van der Waals surface area contributed by atoms with E-state index in [1.807, 2.05) is 5.32 Å². The summed E-state index contributed by atoms with van der Waals surface area (Å²) >= 11 is 0. The Bertz CT molecular complexity index is 415. The second-order valence-electron chi connectivity index (χ2n) is 4.44. The van der Waals surface area contributed by atoms with Crippen LogP contribution in [0.15, 0.2) is 12.3 Å². The molecule has 2 heterocycles. The third-order valence-corrected chi connectivity index (χ3v) is 3.20. The van der Waals surface area contributed by atoms with Crippen molar-refractivity contribution < 1.29 is 33.4 Å². The molecule has 0 aromatic carbocycles. The van der Waals surface area contributed by atoms with Crippen LogP contribution in [0.5, 0.6) is 0 Å². The fourth-order valence-electron chi connectivity index (χ4n) is 2.06. The number of aliphatic hydroxyl groups excluding tert-OH is 2. The predicted octanol–water partition coefficient (Wildman–Crippen LogP) is -1.39. The molecule has 0 radical (unpaired) electrons. The number of carbonyl (C=O) groups excluding carboxylic acids is 2. The van der Waals surface area contributed by atoms with Crippen LogP contribution >= 0.6 is 0 Å². The molecule has 100 valence electrons. The first-order valence-corrected chi connectivity index (χ1v) is 5.39. The van der Waals surface area contributed by atoms with Crippen molar-refractivity contribution in [2.45, 2.75) is 24.6 Å². The SMILES string of the molecule is C[N+]1([C@@H]2O[C@H](CO)[C@@H](F)[C@H]2O)C=CC(=O)NC1=O. The van der Waals surface area contributed by atoms with E-state index in [9.17, 15) is 19.1 Å². The van der Waals surface area contributed by atoms with Crippen molar-refractivity contribution in [3.63, 3.8) is 0 Å². The number of hydrogen-bond acceptors (Lipinski definition) is 5. The highest BCUT2D eigenvalue weighted by Gasteiger charge is 2.56. The monoisotopic (exact) mass is 261 g/mol. The van der Waals surface area contributed by atoms with Crippen molar-refractivity contribution in [2.75, 3.05) is 13.7 Å². The molecule has 18 heavy (non-hydrogen) atoms. The van der Waals surface area contributed by atoms with Crippen molar-refractivity contribution >= 4 is 11.9 Å². The second kappa shape index (κ2) is 4.39. The molecule has 2 aliphatic heterocycles. The van der Waals surface area contributed by atoms with Gasteiger partial charge in [0.2, 0.25) is 6.23 Å². The van der Waals surface area contributed by atoms with E-state index in [1.54, 1.807) is 0 Å². The summed E-state index contributed by atoms with van der Waals surface area (Å²) in [5.74, 6) is -0.585. The van der Waals surface area contributed by atoms with Gasteiger partial charge >= 0.3 is 6.03 Å². The molecule has 2 rings (SSSR count). The minimum Gasteiger partial charge on any atom is -0.394 e. The van der Waals surface area contributed by atoms with Crippen LogP contribution in [-0.2, 0) is 9.53 Å². The molecule has 0 aromatic rings. The first-order valence-electron chi connectivity index (χ1n) is 5.39. The minimum absolute atomic E-state index is 0.585. The molecule has 5 atom stereocenters. The van der Waals surface area contributed by atoms with Crippen LogP contribution in [0, 0.1) is 0 Å². The van der Waals surface area contributed by atoms with E-state index >= 15 is 0 Å². The number of quaternary nitrogens is 1. The molecule has 3 amide bonds. The van der Waals surface area contributed by atoms with Crippen molar-refractivity contribution in [3.05, 3.63) is 12.3 Å². The third-order valence-electron chi connectivity index (χ3n) is 3.20. The maximum absolute atomic E-state index is 13.6. The highest BCUT2D eigenvalue weighted by atomic mass is 19.1. The minimum atomic E-state index is -1.78. The van der Waals surface area contributed by atoms with Crippen LogP contribution in [0.3, 0.4) is 0 Å². The molecule has 8 heteroatoms. The van der Waals surface area contributed by atoms with Gasteiger partial charge in [0, 0.05) is 0 Å². The maximum Gasteiger partial charge on any atom is 0.430 e. The number of urea groups is 1. The van der Waals surface area contributed by atoms with Crippen molar-refractivity contribution in [2.24, 2.45) is 0 Å². The molecule has 1 unspecified atom stereocenters. The van der Waals surface area contributed by atoms with Crippen molar-refractivity contribution in [1.82, 2.24) is 5.32 Å². The normalized spacial score (nSPS) is 44.2. The molecule has 0 aromatic heterocycles. The quantitative estimate of drug-likeness (QED) is 0.532. The van der Waals surface area contributed by atoms with Gasteiger partial charge in [-0.05, 0) is 0 Å². The number of ether oxygens (including phenoxy) is 1. The van der Waals surface area contributed by atoms with E-state index in [4.69, 9.17) is 9.84 Å². The Morgan fingerprint density at radius 2 is 2.22 bits per heavy atom. The lowest BCUT2D eigenvalue weighted by atomic mass is 10.1. The van der Waals surface area contributed by atoms with Crippen LogP contribution < -0.4 is 5.32 Å². The largest absolute Gasteiger partial charge is 0.430 e. The smallest absolute Gasteiger partial charge is 0.394 e. The Balaban J connectivity index is 2.29. The molecule has 1 saturated heterocycles. The standard InChI is InChI=1S/C10H13FN2O5/c1-13(3-2-6(15)12-10(13)17)9-8(16)7(11)5(4-14)18-9/h2-3,5,7-9,14,16H,4H2,1H3/p+1/t5-,7-,8-,9-,13?/m1/s1. The van der Waals surface area contributed by atoms with Gasteiger partial charge in [0.25, 0.3) is 5.91 Å². The molecule has 0 saturated carbocycles. The Labute approximate surface area is 102 Å². The lowest BCUT2D eigenvalue weighted by Gasteiger charge is -2.34. The number of nitrogens with zero attached hydrogens (tertiary/aromatic N) is 1. The van der Waals surface area contributed by atoms with Crippen LogP contribution in [0.4, 0.5) is 9.18 Å². The first-order chi connectivity index (χ1) is 8.40. The average molecular weight is 261 g/mol. The zero-order valence-corrected chi connectivity index (χ0v) is 9.62. The van der Waals surface area contributed by atoms with Gasteiger partial charge in [-0.15, -0.1) is 0 Å². The molecular formula is C10H14FN2O5+. The Morgan fingerprint density at radius 1 is 1.56 bits per heavy atom. The summed E-state index contributed by atoms with van der Waals surface area (Å²) < 4.78 is 18.1. The fourth-order valence-corrected chi connectivity index (χ4v) is 2.06. The summed E-state index contributed by atoms with van der Waals surface area (Å²) in [6.07, 6.45) is -3.40. The van der Waals surface area contributed by atoms with E-state index < -0.39 is 47.6 Å². The number of rotatable bonds is 2. The Morgan fingerprint density at radius 3 is 2.72 bits per heavy atom. The molecule has 2 aliphatic rings. The fraction of sp³-hybridized carbons (Fsp3) is 0.600. The first kappa shape index (κ1) is 13.1. The number of halogens is 1. The predicted molar refractivity (Wildman–Crippen MR) is 55.5 cm³/mol. The summed E-state index contributed by atoms with van der Waals surface area (Å²) in [6, 6.07) is -0.725. The van der Waals surface area contributed by atoms with E-state index in [-0.39, 0.29) is 0 Å². The zero-order chi connectivity index (χ0) is 13.5. The number of aliphatic hydroxyl groups is 2. The van der Waals surface area contributed by atoms with Gasteiger partial charge in [-0.3, -0.25) is 4.79 Å². The highest BCUT2D eigenvalue weighted by molar-refractivity contribution is 6.00. The number of carbonyl (C=O) groups is 2. The van der Waals surface area contributed by atoms with E-state index in [0.717, 1.165) is 6.08 Å². The van der Waals surface area contributed by atoms with Gasteiger partial charge in [0.15, 0.2) is 12.3 Å². The molecule has 0 aliphatic carbocycles. The van der Waals surface area contributed by atoms with Crippen LogP contribution in [0.1, 0.15) is 0 Å². The van der Waals surface area contributed by atoms with E-state index in [0.29, 0.717) is 0 Å². The lowest BCUT2D eigenvalue weighted by molar-refractivity contribution is -0.836. The van der Waals surface area contributed by atoms with E-state index in [2.05, 4.69) is 0 Å². The average Bonchev–Trinajstić information content (AvgIpc) is 2.62. The summed E-state index contributed by atoms with van der Waals surface area (Å²) in [5, 5.41) is 20.7.